The van der Waals surface area contributed by atoms with Gasteiger partial charge in [-0.15, -0.1) is 0 Å². The van der Waals surface area contributed by atoms with E-state index in [0.29, 0.717) is 5.56 Å². The van der Waals surface area contributed by atoms with Crippen LogP contribution in [-0.2, 0) is 9.53 Å². The van der Waals surface area contributed by atoms with Gasteiger partial charge in [-0.3, -0.25) is 4.79 Å². The van der Waals surface area contributed by atoms with Crippen molar-refractivity contribution in [3.8, 4) is 11.5 Å². The van der Waals surface area contributed by atoms with E-state index in [0.717, 1.165) is 18.2 Å². The number of halogens is 3. The van der Waals surface area contributed by atoms with E-state index >= 15 is 0 Å². The molecule has 0 unspecified atom stereocenters. The summed E-state index contributed by atoms with van der Waals surface area (Å²) in [5, 5.41) is 0. The first-order chi connectivity index (χ1) is 13.8. The SMILES string of the molecule is CCOc1cc(/C=C/C(=O)O[C@@H](C)C(=O)c2ccc(F)cc2)ccc1OC(F)F. The summed E-state index contributed by atoms with van der Waals surface area (Å²) in [4.78, 5) is 24.2. The maximum Gasteiger partial charge on any atom is 0.387 e. The lowest BCUT2D eigenvalue weighted by molar-refractivity contribution is -0.140. The predicted octanol–water partition coefficient (Wildman–Crippen LogP) is 4.65. The summed E-state index contributed by atoms with van der Waals surface area (Å²) in [5.74, 6) is -1.76. The highest BCUT2D eigenvalue weighted by Gasteiger charge is 2.18. The summed E-state index contributed by atoms with van der Waals surface area (Å²) in [6.07, 6.45) is 1.40. The number of Topliss-reactive ketones (excluding diaryl/α,β-unsaturated/α-hetero) is 1. The number of ether oxygens (including phenoxy) is 3. The molecule has 0 aliphatic heterocycles. The Balaban J connectivity index is 2.03. The molecule has 0 saturated heterocycles. The van der Waals surface area contributed by atoms with Gasteiger partial charge >= 0.3 is 12.6 Å². The first kappa shape index (κ1) is 22.0. The third-order valence-electron chi connectivity index (χ3n) is 3.69. The van der Waals surface area contributed by atoms with Gasteiger partial charge in [-0.25, -0.2) is 9.18 Å². The van der Waals surface area contributed by atoms with Crippen LogP contribution in [0.2, 0.25) is 0 Å². The lowest BCUT2D eigenvalue weighted by Gasteiger charge is -2.12. The van der Waals surface area contributed by atoms with Crippen molar-refractivity contribution in [3.63, 3.8) is 0 Å². The Morgan fingerprint density at radius 1 is 1.07 bits per heavy atom. The zero-order chi connectivity index (χ0) is 21.4. The molecule has 0 aliphatic rings. The van der Waals surface area contributed by atoms with Gasteiger partial charge in [0.15, 0.2) is 17.6 Å². The number of alkyl halides is 2. The van der Waals surface area contributed by atoms with E-state index in [2.05, 4.69) is 4.74 Å². The maximum atomic E-state index is 12.9. The second kappa shape index (κ2) is 10.3. The van der Waals surface area contributed by atoms with E-state index in [1.165, 1.54) is 43.3 Å². The summed E-state index contributed by atoms with van der Waals surface area (Å²) in [6, 6.07) is 9.06. The van der Waals surface area contributed by atoms with Gasteiger partial charge in [0.1, 0.15) is 5.82 Å². The third-order valence-corrected chi connectivity index (χ3v) is 3.69. The summed E-state index contributed by atoms with van der Waals surface area (Å²) in [5.41, 5.74) is 0.691. The van der Waals surface area contributed by atoms with E-state index in [9.17, 15) is 22.8 Å². The van der Waals surface area contributed by atoms with E-state index in [1.54, 1.807) is 6.92 Å². The zero-order valence-corrected chi connectivity index (χ0v) is 15.7. The molecule has 8 heteroatoms. The Morgan fingerprint density at radius 2 is 1.76 bits per heavy atom. The summed E-state index contributed by atoms with van der Waals surface area (Å²) >= 11 is 0. The fourth-order valence-corrected chi connectivity index (χ4v) is 2.37. The topological polar surface area (TPSA) is 61.8 Å². The van der Waals surface area contributed by atoms with Crippen LogP contribution in [-0.4, -0.2) is 31.1 Å². The lowest BCUT2D eigenvalue weighted by atomic mass is 10.1. The Labute approximate surface area is 165 Å². The molecule has 154 valence electrons. The number of benzene rings is 2. The Morgan fingerprint density at radius 3 is 2.38 bits per heavy atom. The van der Waals surface area contributed by atoms with E-state index in [4.69, 9.17) is 9.47 Å². The molecular weight excluding hydrogens is 389 g/mol. The van der Waals surface area contributed by atoms with Crippen LogP contribution < -0.4 is 9.47 Å². The van der Waals surface area contributed by atoms with E-state index in [-0.39, 0.29) is 23.7 Å². The average Bonchev–Trinajstić information content (AvgIpc) is 2.68. The molecule has 2 aromatic rings. The monoisotopic (exact) mass is 408 g/mol. The third kappa shape index (κ3) is 6.67. The van der Waals surface area contributed by atoms with Crippen molar-refractivity contribution in [2.75, 3.05) is 6.61 Å². The molecule has 5 nitrogen and oxygen atoms in total. The molecule has 0 amide bonds. The largest absolute Gasteiger partial charge is 0.490 e. The zero-order valence-electron chi connectivity index (χ0n) is 15.7. The number of hydrogen-bond donors (Lipinski definition) is 0. The molecule has 2 rings (SSSR count). The number of esters is 1. The Kier molecular flexibility index (Phi) is 7.82. The second-order valence-electron chi connectivity index (χ2n) is 5.80. The Bertz CT molecular complexity index is 878. The van der Waals surface area contributed by atoms with Crippen molar-refractivity contribution in [1.82, 2.24) is 0 Å². The predicted molar refractivity (Wildman–Crippen MR) is 99.6 cm³/mol. The number of carbonyl (C=O) groups excluding carboxylic acids is 2. The van der Waals surface area contributed by atoms with Crippen LogP contribution in [0.15, 0.2) is 48.5 Å². The minimum Gasteiger partial charge on any atom is -0.490 e. The minimum atomic E-state index is -2.99. The van der Waals surface area contributed by atoms with Crippen LogP contribution in [0.4, 0.5) is 13.2 Å². The van der Waals surface area contributed by atoms with Gasteiger partial charge in [-0.2, -0.15) is 8.78 Å². The van der Waals surface area contributed by atoms with E-state index < -0.39 is 30.3 Å². The van der Waals surface area contributed by atoms with Crippen LogP contribution in [0.1, 0.15) is 29.8 Å². The van der Waals surface area contributed by atoms with Gasteiger partial charge in [-0.05, 0) is 61.9 Å². The number of hydrogen-bond acceptors (Lipinski definition) is 5. The number of ketones is 1. The van der Waals surface area contributed by atoms with Crippen LogP contribution in [0.3, 0.4) is 0 Å². The Hall–Kier alpha value is -3.29. The fourth-order valence-electron chi connectivity index (χ4n) is 2.37. The van der Waals surface area contributed by atoms with Crippen molar-refractivity contribution in [2.45, 2.75) is 26.6 Å². The summed E-state index contributed by atoms with van der Waals surface area (Å²) < 4.78 is 52.5. The first-order valence-corrected chi connectivity index (χ1v) is 8.70. The van der Waals surface area contributed by atoms with Gasteiger partial charge in [0, 0.05) is 11.6 Å². The minimum absolute atomic E-state index is 0.100. The van der Waals surface area contributed by atoms with Gasteiger partial charge in [-0.1, -0.05) is 6.07 Å². The molecule has 0 spiro atoms. The van der Waals surface area contributed by atoms with Crippen molar-refractivity contribution >= 4 is 17.8 Å². The second-order valence-corrected chi connectivity index (χ2v) is 5.80. The molecule has 0 heterocycles. The summed E-state index contributed by atoms with van der Waals surface area (Å²) in [7, 11) is 0. The molecular formula is C21H19F3O5. The van der Waals surface area contributed by atoms with Gasteiger partial charge in [0.05, 0.1) is 6.61 Å². The standard InChI is InChI=1S/C21H19F3O5/c1-3-27-18-12-14(4-10-17(18)29-21(23)24)5-11-19(25)28-13(2)20(26)15-6-8-16(22)9-7-15/h4-13,21H,3H2,1-2H3/b11-5+/t13-/m0/s1. The van der Waals surface area contributed by atoms with Crippen LogP contribution >= 0.6 is 0 Å². The molecule has 0 aliphatic carbocycles. The lowest BCUT2D eigenvalue weighted by Crippen LogP contribution is -2.23. The highest BCUT2D eigenvalue weighted by molar-refractivity contribution is 6.01. The highest BCUT2D eigenvalue weighted by atomic mass is 19.3. The van der Waals surface area contributed by atoms with Crippen molar-refractivity contribution in [2.24, 2.45) is 0 Å². The van der Waals surface area contributed by atoms with Crippen molar-refractivity contribution in [1.29, 1.82) is 0 Å². The maximum absolute atomic E-state index is 12.9. The molecule has 0 bridgehead atoms. The number of rotatable bonds is 9. The van der Waals surface area contributed by atoms with Gasteiger partial charge in [0.25, 0.3) is 0 Å². The molecule has 0 aromatic heterocycles. The summed E-state index contributed by atoms with van der Waals surface area (Å²) in [6.45, 7) is 0.329. The van der Waals surface area contributed by atoms with Gasteiger partial charge < -0.3 is 14.2 Å². The fraction of sp³-hybridized carbons (Fsp3) is 0.238. The van der Waals surface area contributed by atoms with Crippen LogP contribution in [0.5, 0.6) is 11.5 Å². The molecule has 29 heavy (non-hydrogen) atoms. The normalized spacial score (nSPS) is 12.1. The number of carbonyl (C=O) groups is 2. The van der Waals surface area contributed by atoms with E-state index in [1.807, 2.05) is 0 Å². The quantitative estimate of drug-likeness (QED) is 0.343. The molecule has 0 N–H and O–H groups in total. The highest BCUT2D eigenvalue weighted by Crippen LogP contribution is 2.30. The van der Waals surface area contributed by atoms with Gasteiger partial charge in [0.2, 0.25) is 5.78 Å². The van der Waals surface area contributed by atoms with Crippen molar-refractivity contribution < 1.29 is 37.0 Å². The van der Waals surface area contributed by atoms with Crippen LogP contribution in [0.25, 0.3) is 6.08 Å². The first-order valence-electron chi connectivity index (χ1n) is 8.70. The molecule has 0 saturated carbocycles. The molecule has 2 aromatic carbocycles. The average molecular weight is 408 g/mol. The van der Waals surface area contributed by atoms with Crippen molar-refractivity contribution in [3.05, 3.63) is 65.5 Å². The molecule has 0 radical (unpaired) electrons. The molecule has 0 fully saturated rings. The smallest absolute Gasteiger partial charge is 0.387 e. The van der Waals surface area contributed by atoms with Crippen LogP contribution in [0, 0.1) is 5.82 Å². The molecule has 1 atom stereocenters.